The molecule has 4 heteroatoms. The molecule has 0 bridgehead atoms. The molecular formula is C8H19NO2S. The van der Waals surface area contributed by atoms with E-state index in [4.69, 9.17) is 0 Å². The maximum absolute atomic E-state index is 9.63. The van der Waals surface area contributed by atoms with Crippen LogP contribution in [0.3, 0.4) is 0 Å². The van der Waals surface area contributed by atoms with Gasteiger partial charge in [0.15, 0.2) is 0 Å². The van der Waals surface area contributed by atoms with Gasteiger partial charge in [-0.05, 0) is 18.4 Å². The lowest BCUT2D eigenvalue weighted by atomic mass is 10.5. The molecule has 0 rings (SSSR count). The Hall–Kier alpha value is -0.220. The van der Waals surface area contributed by atoms with E-state index in [2.05, 4.69) is 28.2 Å². The SMILES string of the molecule is CSCCC(=O)[O-].C[N+](C)(C)C. The molecule has 0 aromatic heterocycles. The van der Waals surface area contributed by atoms with Crippen molar-refractivity contribution in [1.82, 2.24) is 0 Å². The summed E-state index contributed by atoms with van der Waals surface area (Å²) in [6.07, 6.45) is 2.03. The third-order valence-corrected chi connectivity index (χ3v) is 1.12. The summed E-state index contributed by atoms with van der Waals surface area (Å²) in [4.78, 5) is 9.63. The molecule has 0 aliphatic rings. The van der Waals surface area contributed by atoms with Gasteiger partial charge in [0.05, 0.1) is 28.2 Å². The number of hydrogen-bond donors (Lipinski definition) is 0. The Bertz CT molecular complexity index is 115. The molecule has 0 heterocycles. The smallest absolute Gasteiger partial charge is 0.0675 e. The number of quaternary nitrogens is 1. The van der Waals surface area contributed by atoms with Gasteiger partial charge in [0.1, 0.15) is 0 Å². The largest absolute Gasteiger partial charge is 0.550 e. The predicted molar refractivity (Wildman–Crippen MR) is 52.0 cm³/mol. The van der Waals surface area contributed by atoms with Gasteiger partial charge in [-0.15, -0.1) is 0 Å². The van der Waals surface area contributed by atoms with Crippen LogP contribution in [-0.2, 0) is 4.79 Å². The fourth-order valence-electron chi connectivity index (χ4n) is 0.185. The van der Waals surface area contributed by atoms with E-state index in [1.807, 2.05) is 6.26 Å². The van der Waals surface area contributed by atoms with Gasteiger partial charge in [-0.25, -0.2) is 0 Å². The maximum Gasteiger partial charge on any atom is 0.0675 e. The molecule has 0 spiro atoms. The number of thioether (sulfide) groups is 1. The summed E-state index contributed by atoms with van der Waals surface area (Å²) >= 11 is 1.51. The zero-order chi connectivity index (χ0) is 10.2. The van der Waals surface area contributed by atoms with Gasteiger partial charge < -0.3 is 14.4 Å². The van der Waals surface area contributed by atoms with E-state index in [9.17, 15) is 9.90 Å². The first-order chi connectivity index (χ1) is 5.27. The third-order valence-electron chi connectivity index (χ3n) is 0.510. The van der Waals surface area contributed by atoms with Crippen LogP contribution in [0.2, 0.25) is 0 Å². The van der Waals surface area contributed by atoms with E-state index >= 15 is 0 Å². The van der Waals surface area contributed by atoms with Crippen LogP contribution in [0, 0.1) is 0 Å². The van der Waals surface area contributed by atoms with Crippen LogP contribution in [0.4, 0.5) is 0 Å². The van der Waals surface area contributed by atoms with Crippen molar-refractivity contribution in [2.75, 3.05) is 40.2 Å². The van der Waals surface area contributed by atoms with Crippen LogP contribution in [0.15, 0.2) is 0 Å². The Balaban J connectivity index is 0. The highest BCUT2D eigenvalue weighted by molar-refractivity contribution is 7.98. The Kier molecular flexibility index (Phi) is 8.86. The monoisotopic (exact) mass is 193 g/mol. The number of aliphatic carboxylic acids is 1. The van der Waals surface area contributed by atoms with E-state index in [0.717, 1.165) is 4.48 Å². The molecule has 0 aliphatic carbocycles. The second-order valence-corrected chi connectivity index (χ2v) is 4.78. The maximum atomic E-state index is 9.63. The highest BCUT2D eigenvalue weighted by atomic mass is 32.2. The summed E-state index contributed by atoms with van der Waals surface area (Å²) in [6, 6.07) is 0. The van der Waals surface area contributed by atoms with Gasteiger partial charge in [-0.1, -0.05) is 0 Å². The van der Waals surface area contributed by atoms with E-state index in [-0.39, 0.29) is 6.42 Å². The second kappa shape index (κ2) is 7.43. The number of hydrogen-bond acceptors (Lipinski definition) is 3. The van der Waals surface area contributed by atoms with Crippen molar-refractivity contribution in [3.63, 3.8) is 0 Å². The van der Waals surface area contributed by atoms with E-state index in [0.29, 0.717) is 5.75 Å². The normalized spacial score (nSPS) is 10.1. The number of rotatable bonds is 3. The molecule has 0 radical (unpaired) electrons. The molecule has 0 unspecified atom stereocenters. The van der Waals surface area contributed by atoms with Gasteiger partial charge in [-0.3, -0.25) is 0 Å². The first kappa shape index (κ1) is 14.3. The molecule has 0 amide bonds. The molecule has 0 saturated heterocycles. The van der Waals surface area contributed by atoms with Gasteiger partial charge in [-0.2, -0.15) is 11.8 Å². The highest BCUT2D eigenvalue weighted by Crippen LogP contribution is 1.92. The van der Waals surface area contributed by atoms with Gasteiger partial charge in [0.2, 0.25) is 0 Å². The van der Waals surface area contributed by atoms with Crippen LogP contribution in [0.25, 0.3) is 0 Å². The average molecular weight is 193 g/mol. The van der Waals surface area contributed by atoms with Crippen LogP contribution < -0.4 is 5.11 Å². The Morgan fingerprint density at radius 2 is 1.67 bits per heavy atom. The molecule has 3 nitrogen and oxygen atoms in total. The third kappa shape index (κ3) is 52.8. The topological polar surface area (TPSA) is 40.1 Å². The Morgan fingerprint density at radius 3 is 1.75 bits per heavy atom. The Morgan fingerprint density at radius 1 is 1.33 bits per heavy atom. The van der Waals surface area contributed by atoms with Crippen molar-refractivity contribution in [3.8, 4) is 0 Å². The zero-order valence-corrected chi connectivity index (χ0v) is 9.40. The minimum absolute atomic E-state index is 0.168. The minimum atomic E-state index is -0.964. The van der Waals surface area contributed by atoms with Gasteiger partial charge in [0.25, 0.3) is 0 Å². The standard InChI is InChI=1S/C4H12N.C4H8O2S/c1-5(2,3)4;1-7-3-2-4(5)6/h1-4H3;2-3H2,1H3,(H,5,6)/q+1;/p-1. The van der Waals surface area contributed by atoms with Crippen molar-refractivity contribution in [1.29, 1.82) is 0 Å². The lowest BCUT2D eigenvalue weighted by Gasteiger charge is -2.14. The lowest BCUT2D eigenvalue weighted by molar-refractivity contribution is -0.849. The van der Waals surface area contributed by atoms with Crippen molar-refractivity contribution in [2.45, 2.75) is 6.42 Å². The summed E-state index contributed by atoms with van der Waals surface area (Å²) < 4.78 is 1.00. The summed E-state index contributed by atoms with van der Waals surface area (Å²) in [5.74, 6) is -0.308. The lowest BCUT2D eigenvalue weighted by Crippen LogP contribution is -2.27. The molecule has 12 heavy (non-hydrogen) atoms. The van der Waals surface area contributed by atoms with Crippen LogP contribution >= 0.6 is 11.8 Å². The number of carboxylic acid groups (broad SMARTS) is 1. The highest BCUT2D eigenvalue weighted by Gasteiger charge is 1.88. The molecular weight excluding hydrogens is 174 g/mol. The van der Waals surface area contributed by atoms with E-state index in [1.165, 1.54) is 11.8 Å². The summed E-state index contributed by atoms with van der Waals surface area (Å²) in [7, 11) is 8.50. The molecule has 74 valence electrons. The molecule has 0 N–H and O–H groups in total. The van der Waals surface area contributed by atoms with Crippen LogP contribution in [0.1, 0.15) is 6.42 Å². The first-order valence-corrected chi connectivity index (χ1v) is 5.14. The predicted octanol–water partition coefficient (Wildman–Crippen LogP) is -0.188. The van der Waals surface area contributed by atoms with Crippen LogP contribution in [0.5, 0.6) is 0 Å². The van der Waals surface area contributed by atoms with Gasteiger partial charge >= 0.3 is 0 Å². The van der Waals surface area contributed by atoms with Crippen molar-refractivity contribution in [2.24, 2.45) is 0 Å². The Labute approximate surface area is 79.3 Å². The van der Waals surface area contributed by atoms with Gasteiger partial charge in [0, 0.05) is 5.97 Å². The fraction of sp³-hybridized carbons (Fsp3) is 0.875. The van der Waals surface area contributed by atoms with Crippen LogP contribution in [-0.4, -0.2) is 50.7 Å². The molecule has 0 aromatic rings. The van der Waals surface area contributed by atoms with E-state index in [1.54, 1.807) is 0 Å². The summed E-state index contributed by atoms with van der Waals surface area (Å²) in [5, 5.41) is 9.63. The number of nitrogens with zero attached hydrogens (tertiary/aromatic N) is 1. The quantitative estimate of drug-likeness (QED) is 0.583. The number of carboxylic acids is 1. The van der Waals surface area contributed by atoms with E-state index < -0.39 is 5.97 Å². The fourth-order valence-corrected chi connectivity index (χ4v) is 0.556. The second-order valence-electron chi connectivity index (χ2n) is 3.80. The molecule has 0 fully saturated rings. The summed E-state index contributed by atoms with van der Waals surface area (Å²) in [5.41, 5.74) is 0. The number of carbonyl (C=O) groups excluding carboxylic acids is 1. The average Bonchev–Trinajstić information content (AvgIpc) is 1.79. The van der Waals surface area contributed by atoms with Crippen molar-refractivity contribution >= 4 is 17.7 Å². The summed E-state index contributed by atoms with van der Waals surface area (Å²) in [6.45, 7) is 0. The van der Waals surface area contributed by atoms with Crippen molar-refractivity contribution < 1.29 is 14.4 Å². The molecule has 0 aliphatic heterocycles. The molecule has 0 atom stereocenters. The minimum Gasteiger partial charge on any atom is -0.550 e. The molecule has 0 saturated carbocycles. The first-order valence-electron chi connectivity index (χ1n) is 3.75. The van der Waals surface area contributed by atoms with Crippen molar-refractivity contribution in [3.05, 3.63) is 0 Å². The zero-order valence-electron chi connectivity index (χ0n) is 8.59. The number of carbonyl (C=O) groups is 1. The molecule has 0 aromatic carbocycles.